The average Bonchev–Trinajstić information content (AvgIpc) is 3.27. The summed E-state index contributed by atoms with van der Waals surface area (Å²) in [6.07, 6.45) is 1.31. The Morgan fingerprint density at radius 3 is 2.76 bits per heavy atom. The second-order valence-corrected chi connectivity index (χ2v) is 7.16. The monoisotopic (exact) mass is 368 g/mol. The second-order valence-electron chi connectivity index (χ2n) is 5.40. The third kappa shape index (κ3) is 2.97. The molecule has 4 aromatic rings. The maximum Gasteiger partial charge on any atom is 0.289 e. The molecule has 3 heterocycles. The highest BCUT2D eigenvalue weighted by Gasteiger charge is 2.14. The van der Waals surface area contributed by atoms with Gasteiger partial charge in [-0.1, -0.05) is 29.8 Å². The molecule has 1 aromatic carbocycles. The number of benzene rings is 1. The number of carbonyl (C=O) groups excluding carboxylic acids is 1. The Bertz CT molecular complexity index is 1130. The van der Waals surface area contributed by atoms with E-state index in [0.29, 0.717) is 10.2 Å². The van der Waals surface area contributed by atoms with Crippen molar-refractivity contribution in [2.24, 2.45) is 0 Å². The predicted octanol–water partition coefficient (Wildman–Crippen LogP) is 3.27. The fourth-order valence-corrected chi connectivity index (χ4v) is 3.84. The number of hydrogen-bond donors (Lipinski definition) is 1. The molecule has 0 saturated carbocycles. The van der Waals surface area contributed by atoms with Gasteiger partial charge in [-0.15, -0.1) is 22.7 Å². The van der Waals surface area contributed by atoms with E-state index in [1.807, 2.05) is 31.2 Å². The fraction of sp³-hybridized carbons (Fsp3) is 0.0588. The lowest BCUT2D eigenvalue weighted by molar-refractivity contribution is 0.100. The summed E-state index contributed by atoms with van der Waals surface area (Å²) in [6, 6.07) is 9.62. The molecular formula is C17H12N4O2S2. The van der Waals surface area contributed by atoms with Crippen molar-refractivity contribution in [2.75, 3.05) is 5.43 Å². The van der Waals surface area contributed by atoms with Crippen molar-refractivity contribution in [3.8, 4) is 10.6 Å². The van der Waals surface area contributed by atoms with Gasteiger partial charge in [0.1, 0.15) is 21.9 Å². The molecule has 0 spiro atoms. The van der Waals surface area contributed by atoms with Crippen molar-refractivity contribution in [1.82, 2.24) is 14.6 Å². The van der Waals surface area contributed by atoms with Gasteiger partial charge in [0.15, 0.2) is 0 Å². The van der Waals surface area contributed by atoms with Crippen LogP contribution in [0.25, 0.3) is 20.8 Å². The number of fused-ring (bicyclic) bond motifs is 1. The molecule has 8 heteroatoms. The lowest BCUT2D eigenvalue weighted by atomic mass is 10.2. The summed E-state index contributed by atoms with van der Waals surface area (Å²) >= 11 is 2.76. The highest BCUT2D eigenvalue weighted by Crippen LogP contribution is 2.24. The Balaban J connectivity index is 1.59. The smallest absolute Gasteiger partial charge is 0.267 e. The molecule has 0 aliphatic heterocycles. The van der Waals surface area contributed by atoms with Crippen LogP contribution in [0.1, 0.15) is 16.1 Å². The minimum Gasteiger partial charge on any atom is -0.267 e. The number of amides is 1. The Labute approximate surface area is 150 Å². The summed E-state index contributed by atoms with van der Waals surface area (Å²) in [4.78, 5) is 33.9. The van der Waals surface area contributed by atoms with Gasteiger partial charge in [0, 0.05) is 10.9 Å². The number of aryl methyl sites for hydroxylation is 1. The first kappa shape index (κ1) is 15.7. The van der Waals surface area contributed by atoms with Crippen LogP contribution in [0.2, 0.25) is 0 Å². The van der Waals surface area contributed by atoms with Crippen molar-refractivity contribution in [3.05, 3.63) is 69.0 Å². The van der Waals surface area contributed by atoms with Crippen LogP contribution >= 0.6 is 22.7 Å². The quantitative estimate of drug-likeness (QED) is 0.602. The molecule has 6 nitrogen and oxygen atoms in total. The molecular weight excluding hydrogens is 356 g/mol. The van der Waals surface area contributed by atoms with E-state index in [2.05, 4.69) is 15.4 Å². The molecule has 0 atom stereocenters. The van der Waals surface area contributed by atoms with Gasteiger partial charge in [0.05, 0.1) is 5.39 Å². The fourth-order valence-electron chi connectivity index (χ4n) is 2.31. The zero-order chi connectivity index (χ0) is 17.4. The summed E-state index contributed by atoms with van der Waals surface area (Å²) in [5, 5.41) is 4.70. The summed E-state index contributed by atoms with van der Waals surface area (Å²) in [5.41, 5.74) is 4.60. The van der Waals surface area contributed by atoms with Gasteiger partial charge < -0.3 is 0 Å². The zero-order valence-corrected chi connectivity index (χ0v) is 14.7. The van der Waals surface area contributed by atoms with Gasteiger partial charge >= 0.3 is 0 Å². The van der Waals surface area contributed by atoms with Crippen LogP contribution in [-0.4, -0.2) is 20.6 Å². The van der Waals surface area contributed by atoms with Crippen LogP contribution in [0.4, 0.5) is 0 Å². The van der Waals surface area contributed by atoms with Crippen LogP contribution < -0.4 is 11.0 Å². The van der Waals surface area contributed by atoms with Crippen molar-refractivity contribution >= 4 is 38.8 Å². The van der Waals surface area contributed by atoms with E-state index in [9.17, 15) is 9.59 Å². The second kappa shape index (κ2) is 6.23. The van der Waals surface area contributed by atoms with Gasteiger partial charge in [-0.05, 0) is 18.4 Å². The molecule has 0 aliphatic carbocycles. The van der Waals surface area contributed by atoms with Crippen LogP contribution in [-0.2, 0) is 0 Å². The molecule has 0 bridgehead atoms. The lowest BCUT2D eigenvalue weighted by Crippen LogP contribution is -2.33. The molecule has 3 aromatic heterocycles. The third-order valence-corrected chi connectivity index (χ3v) is 5.35. The van der Waals surface area contributed by atoms with Gasteiger partial charge in [-0.2, -0.15) is 0 Å². The van der Waals surface area contributed by atoms with E-state index < -0.39 is 5.91 Å². The van der Waals surface area contributed by atoms with Crippen molar-refractivity contribution in [1.29, 1.82) is 0 Å². The largest absolute Gasteiger partial charge is 0.289 e. The molecule has 4 rings (SSSR count). The van der Waals surface area contributed by atoms with Crippen LogP contribution in [0.15, 0.2) is 52.2 Å². The van der Waals surface area contributed by atoms with E-state index in [1.165, 1.54) is 29.0 Å². The standard InChI is InChI=1S/C17H12N4O2S2/c1-10-2-4-11(5-3-10)15-19-13(8-25-15)14(22)20-21-9-18-16-12(17(21)23)6-7-24-16/h2-9H,1H3,(H,20,22). The van der Waals surface area contributed by atoms with Crippen molar-refractivity contribution in [3.63, 3.8) is 0 Å². The van der Waals surface area contributed by atoms with Crippen LogP contribution in [0, 0.1) is 6.92 Å². The minimum atomic E-state index is -0.451. The predicted molar refractivity (Wildman–Crippen MR) is 99.9 cm³/mol. The number of nitrogens with one attached hydrogen (secondary N) is 1. The number of thiazole rings is 1. The highest BCUT2D eigenvalue weighted by atomic mass is 32.1. The molecule has 0 radical (unpaired) electrons. The number of rotatable bonds is 3. The van der Waals surface area contributed by atoms with E-state index in [4.69, 9.17) is 0 Å². The summed E-state index contributed by atoms with van der Waals surface area (Å²) in [6.45, 7) is 2.01. The summed E-state index contributed by atoms with van der Waals surface area (Å²) in [7, 11) is 0. The zero-order valence-electron chi connectivity index (χ0n) is 13.1. The first-order valence-corrected chi connectivity index (χ1v) is 9.16. The van der Waals surface area contributed by atoms with E-state index in [1.54, 1.807) is 16.8 Å². The molecule has 25 heavy (non-hydrogen) atoms. The van der Waals surface area contributed by atoms with Crippen LogP contribution in [0.5, 0.6) is 0 Å². The maximum absolute atomic E-state index is 12.4. The van der Waals surface area contributed by atoms with Crippen molar-refractivity contribution < 1.29 is 4.79 Å². The molecule has 0 saturated heterocycles. The van der Waals surface area contributed by atoms with Gasteiger partial charge in [-0.25, -0.2) is 14.6 Å². The third-order valence-electron chi connectivity index (χ3n) is 3.64. The Morgan fingerprint density at radius 2 is 1.96 bits per heavy atom. The molecule has 0 fully saturated rings. The van der Waals surface area contributed by atoms with Gasteiger partial charge in [0.25, 0.3) is 11.5 Å². The first-order chi connectivity index (χ1) is 12.1. The number of carbonyl (C=O) groups is 1. The molecule has 124 valence electrons. The highest BCUT2D eigenvalue weighted by molar-refractivity contribution is 7.16. The van der Waals surface area contributed by atoms with E-state index in [-0.39, 0.29) is 11.3 Å². The van der Waals surface area contributed by atoms with Crippen LogP contribution in [0.3, 0.4) is 0 Å². The number of hydrogen-bond acceptors (Lipinski definition) is 6. The Kier molecular flexibility index (Phi) is 3.90. The van der Waals surface area contributed by atoms with E-state index >= 15 is 0 Å². The Hall–Kier alpha value is -2.84. The SMILES string of the molecule is Cc1ccc(-c2nc(C(=O)Nn3cnc4sccc4c3=O)cs2)cc1. The maximum atomic E-state index is 12.4. The topological polar surface area (TPSA) is 76.9 Å². The first-order valence-electron chi connectivity index (χ1n) is 7.40. The van der Waals surface area contributed by atoms with Gasteiger partial charge in [0.2, 0.25) is 0 Å². The minimum absolute atomic E-state index is 0.262. The molecule has 0 aliphatic rings. The normalized spacial score (nSPS) is 10.9. The Morgan fingerprint density at radius 1 is 1.16 bits per heavy atom. The number of thiophene rings is 1. The summed E-state index contributed by atoms with van der Waals surface area (Å²) in [5.74, 6) is -0.451. The molecule has 1 N–H and O–H groups in total. The number of nitrogens with zero attached hydrogens (tertiary/aromatic N) is 3. The number of aromatic nitrogens is 3. The summed E-state index contributed by atoms with van der Waals surface area (Å²) < 4.78 is 1.09. The lowest BCUT2D eigenvalue weighted by Gasteiger charge is -2.05. The average molecular weight is 368 g/mol. The van der Waals surface area contributed by atoms with Crippen molar-refractivity contribution in [2.45, 2.75) is 6.92 Å². The molecule has 0 unspecified atom stereocenters. The molecule has 1 amide bonds. The van der Waals surface area contributed by atoms with E-state index in [0.717, 1.165) is 20.8 Å². The van der Waals surface area contributed by atoms with Gasteiger partial charge in [-0.3, -0.25) is 15.0 Å².